The van der Waals surface area contributed by atoms with E-state index in [0.29, 0.717) is 39.5 Å². The lowest BCUT2D eigenvalue weighted by atomic mass is 10.0. The molecule has 3 heterocycles. The zero-order valence-electron chi connectivity index (χ0n) is 16.7. The largest absolute Gasteiger partial charge is 0.382 e. The number of hydrogen-bond donors (Lipinski definition) is 2. The Hall–Kier alpha value is -3.56. The molecule has 3 aromatic rings. The number of fused-ring (bicyclic) bond motifs is 1. The monoisotopic (exact) mass is 451 g/mol. The number of nitrogens with one attached hydrogen (secondary N) is 1. The van der Waals surface area contributed by atoms with Crippen LogP contribution in [0.5, 0.6) is 0 Å². The van der Waals surface area contributed by atoms with Gasteiger partial charge < -0.3 is 10.0 Å². The van der Waals surface area contributed by atoms with Gasteiger partial charge in [0.25, 0.3) is 5.91 Å². The quantitative estimate of drug-likeness (QED) is 0.584. The van der Waals surface area contributed by atoms with Crippen LogP contribution in [0.25, 0.3) is 5.69 Å². The second-order valence-corrected chi connectivity index (χ2v) is 8.18. The fourth-order valence-corrected chi connectivity index (χ4v) is 4.25. The molecule has 162 valence electrons. The first-order chi connectivity index (χ1) is 15.4. The van der Waals surface area contributed by atoms with Gasteiger partial charge in [0.15, 0.2) is 0 Å². The molecule has 0 bridgehead atoms. The number of aromatic nitrogens is 3. The van der Waals surface area contributed by atoms with Crippen LogP contribution in [-0.4, -0.2) is 48.8 Å². The van der Waals surface area contributed by atoms with E-state index in [2.05, 4.69) is 15.6 Å². The summed E-state index contributed by atoms with van der Waals surface area (Å²) in [6, 6.07) is 11.3. The van der Waals surface area contributed by atoms with Crippen molar-refractivity contribution >= 4 is 29.3 Å². The predicted molar refractivity (Wildman–Crippen MR) is 113 cm³/mol. The van der Waals surface area contributed by atoms with E-state index in [1.165, 1.54) is 9.58 Å². The van der Waals surface area contributed by atoms with Gasteiger partial charge in [0, 0.05) is 29.1 Å². The van der Waals surface area contributed by atoms with Crippen molar-refractivity contribution in [2.45, 2.75) is 31.5 Å². The molecule has 1 fully saturated rings. The maximum Gasteiger partial charge on any atom is 0.255 e. The lowest BCUT2D eigenvalue weighted by Gasteiger charge is -2.29. The van der Waals surface area contributed by atoms with E-state index in [1.807, 2.05) is 0 Å². The number of carbonyl (C=O) groups is 3. The Balaban J connectivity index is 1.43. The van der Waals surface area contributed by atoms with E-state index in [0.717, 1.165) is 0 Å². The van der Waals surface area contributed by atoms with E-state index in [-0.39, 0.29) is 24.8 Å². The first-order valence-electron chi connectivity index (χ1n) is 10.0. The number of halogens is 1. The van der Waals surface area contributed by atoms with Crippen molar-refractivity contribution in [3.8, 4) is 5.69 Å². The summed E-state index contributed by atoms with van der Waals surface area (Å²) in [7, 11) is 0. The zero-order valence-corrected chi connectivity index (χ0v) is 17.5. The van der Waals surface area contributed by atoms with Crippen molar-refractivity contribution in [3.63, 3.8) is 0 Å². The molecule has 3 amide bonds. The lowest BCUT2D eigenvalue weighted by molar-refractivity contribution is -0.136. The van der Waals surface area contributed by atoms with Crippen LogP contribution in [0, 0.1) is 0 Å². The zero-order chi connectivity index (χ0) is 22.4. The summed E-state index contributed by atoms with van der Waals surface area (Å²) in [5.74, 6) is -1.05. The number of aliphatic hydroxyl groups is 1. The molecule has 1 saturated heterocycles. The Kier molecular flexibility index (Phi) is 4.99. The van der Waals surface area contributed by atoms with E-state index >= 15 is 0 Å². The van der Waals surface area contributed by atoms with Gasteiger partial charge in [-0.25, -0.2) is 4.68 Å². The standard InChI is InChI=1S/C22H18ClN5O4/c23-13-6-4-12(5-7-13)20(30)16-11-28(26-25-16)17-3-1-2-14-15(17)10-27(22(14)32)18-8-9-19(29)24-21(18)31/h1-7,11,18,20,30H,8-10H2,(H,24,29,31). The molecule has 0 spiro atoms. The average Bonchev–Trinajstić information content (AvgIpc) is 3.39. The van der Waals surface area contributed by atoms with Crippen LogP contribution in [0.2, 0.25) is 5.02 Å². The molecule has 0 saturated carbocycles. The first-order valence-corrected chi connectivity index (χ1v) is 10.4. The summed E-state index contributed by atoms with van der Waals surface area (Å²) in [4.78, 5) is 38.2. The van der Waals surface area contributed by atoms with Gasteiger partial charge in [0.2, 0.25) is 11.8 Å². The highest BCUT2D eigenvalue weighted by molar-refractivity contribution is 6.30. The molecule has 0 aliphatic carbocycles. The summed E-state index contributed by atoms with van der Waals surface area (Å²) < 4.78 is 1.51. The minimum Gasteiger partial charge on any atom is -0.382 e. The summed E-state index contributed by atoms with van der Waals surface area (Å²) in [5.41, 5.74) is 2.78. The molecule has 0 radical (unpaired) electrons. The molecule has 2 aromatic carbocycles. The van der Waals surface area contributed by atoms with Gasteiger partial charge in [0.1, 0.15) is 17.8 Å². The van der Waals surface area contributed by atoms with Crippen LogP contribution in [-0.2, 0) is 16.1 Å². The topological polar surface area (TPSA) is 117 Å². The number of benzene rings is 2. The Bertz CT molecular complexity index is 1240. The number of carbonyl (C=O) groups excluding carboxylic acids is 3. The molecule has 2 unspecified atom stereocenters. The summed E-state index contributed by atoms with van der Waals surface area (Å²) in [5, 5.41) is 21.7. The van der Waals surface area contributed by atoms with Crippen LogP contribution in [0.4, 0.5) is 0 Å². The molecule has 2 atom stereocenters. The lowest BCUT2D eigenvalue weighted by Crippen LogP contribution is -2.52. The first kappa shape index (κ1) is 20.3. The highest BCUT2D eigenvalue weighted by Gasteiger charge is 2.40. The maximum atomic E-state index is 13.0. The van der Waals surface area contributed by atoms with Gasteiger partial charge in [-0.3, -0.25) is 19.7 Å². The minimum atomic E-state index is -0.987. The van der Waals surface area contributed by atoms with E-state index in [1.54, 1.807) is 48.7 Å². The van der Waals surface area contributed by atoms with E-state index < -0.39 is 18.1 Å². The van der Waals surface area contributed by atoms with Crippen molar-refractivity contribution in [2.24, 2.45) is 0 Å². The Labute approximate surface area is 187 Å². The molecule has 1 aromatic heterocycles. The summed E-state index contributed by atoms with van der Waals surface area (Å²) in [6.45, 7) is 0.214. The highest BCUT2D eigenvalue weighted by atomic mass is 35.5. The Morgan fingerprint density at radius 3 is 2.66 bits per heavy atom. The smallest absolute Gasteiger partial charge is 0.255 e. The molecular weight excluding hydrogens is 434 g/mol. The van der Waals surface area contributed by atoms with Crippen molar-refractivity contribution in [3.05, 3.63) is 76.1 Å². The number of rotatable bonds is 4. The van der Waals surface area contributed by atoms with Crippen LogP contribution in [0.15, 0.2) is 48.7 Å². The SMILES string of the molecule is O=C1CCC(N2Cc3c(cccc3-n3cc(C(O)c4ccc(Cl)cc4)nn3)C2=O)C(=O)N1. The highest BCUT2D eigenvalue weighted by Crippen LogP contribution is 2.32. The van der Waals surface area contributed by atoms with Crippen LogP contribution in [0.3, 0.4) is 0 Å². The Morgan fingerprint density at radius 2 is 1.91 bits per heavy atom. The molecule has 32 heavy (non-hydrogen) atoms. The second-order valence-electron chi connectivity index (χ2n) is 7.75. The third-order valence-corrected chi connectivity index (χ3v) is 6.03. The van der Waals surface area contributed by atoms with Crippen molar-refractivity contribution in [1.29, 1.82) is 0 Å². The number of piperidine rings is 1. The summed E-state index contributed by atoms with van der Waals surface area (Å²) >= 11 is 5.91. The molecule has 2 aliphatic heterocycles. The van der Waals surface area contributed by atoms with E-state index in [9.17, 15) is 19.5 Å². The summed E-state index contributed by atoms with van der Waals surface area (Å²) in [6.07, 6.45) is 1.10. The van der Waals surface area contributed by atoms with Gasteiger partial charge in [-0.2, -0.15) is 0 Å². The normalized spacial score (nSPS) is 19.1. The molecule has 2 aliphatic rings. The van der Waals surface area contributed by atoms with Crippen LogP contribution in [0.1, 0.15) is 46.1 Å². The molecule has 2 N–H and O–H groups in total. The Morgan fingerprint density at radius 1 is 1.12 bits per heavy atom. The predicted octanol–water partition coefficient (Wildman–Crippen LogP) is 1.76. The van der Waals surface area contributed by atoms with E-state index in [4.69, 9.17) is 11.6 Å². The average molecular weight is 452 g/mol. The molecular formula is C22H18ClN5O4. The molecule has 10 heteroatoms. The van der Waals surface area contributed by atoms with Gasteiger partial charge in [-0.15, -0.1) is 5.10 Å². The van der Waals surface area contributed by atoms with Gasteiger partial charge in [0.05, 0.1) is 11.9 Å². The fraction of sp³-hybridized carbons (Fsp3) is 0.227. The second kappa shape index (κ2) is 7.85. The van der Waals surface area contributed by atoms with Crippen molar-refractivity contribution in [1.82, 2.24) is 25.2 Å². The van der Waals surface area contributed by atoms with Crippen LogP contribution >= 0.6 is 11.6 Å². The van der Waals surface area contributed by atoms with Gasteiger partial charge in [-0.05, 0) is 36.2 Å². The fourth-order valence-electron chi connectivity index (χ4n) is 4.12. The van der Waals surface area contributed by atoms with Gasteiger partial charge in [-0.1, -0.05) is 35.0 Å². The maximum absolute atomic E-state index is 13.0. The molecule has 9 nitrogen and oxygen atoms in total. The number of aliphatic hydroxyl groups excluding tert-OH is 1. The van der Waals surface area contributed by atoms with Crippen LogP contribution < -0.4 is 5.32 Å². The van der Waals surface area contributed by atoms with Gasteiger partial charge >= 0.3 is 0 Å². The van der Waals surface area contributed by atoms with Crippen molar-refractivity contribution in [2.75, 3.05) is 0 Å². The van der Waals surface area contributed by atoms with Crippen molar-refractivity contribution < 1.29 is 19.5 Å². The minimum absolute atomic E-state index is 0.193. The number of hydrogen-bond acceptors (Lipinski definition) is 6. The third kappa shape index (κ3) is 3.45. The molecule has 5 rings (SSSR count). The number of amides is 3. The number of nitrogens with zero attached hydrogens (tertiary/aromatic N) is 4. The third-order valence-electron chi connectivity index (χ3n) is 5.78. The number of imide groups is 1.